The second kappa shape index (κ2) is 8.88. The normalized spacial score (nSPS) is 11.6. The van der Waals surface area contributed by atoms with Crippen LogP contribution < -0.4 is 0 Å². The van der Waals surface area contributed by atoms with Crippen LogP contribution in [0.15, 0.2) is 79.0 Å². The van der Waals surface area contributed by atoms with Gasteiger partial charge in [0.2, 0.25) is 10.0 Å². The van der Waals surface area contributed by atoms with Crippen molar-refractivity contribution in [1.29, 1.82) is 0 Å². The van der Waals surface area contributed by atoms with Gasteiger partial charge in [0.25, 0.3) is 0 Å². The molecule has 2 aromatic carbocycles. The average Bonchev–Trinajstić information content (AvgIpc) is 2.68. The number of hydrogen-bond acceptors (Lipinski definition) is 3. The van der Waals surface area contributed by atoms with E-state index in [0.29, 0.717) is 24.2 Å². The van der Waals surface area contributed by atoms with E-state index in [-0.39, 0.29) is 18.1 Å². The summed E-state index contributed by atoms with van der Waals surface area (Å²) in [6, 6.07) is 20.8. The first-order chi connectivity index (χ1) is 13.0. The highest BCUT2D eigenvalue weighted by atomic mass is 32.2. The molecule has 0 aliphatic rings. The summed E-state index contributed by atoms with van der Waals surface area (Å²) >= 11 is 0. The van der Waals surface area contributed by atoms with Crippen LogP contribution in [0.1, 0.15) is 16.8 Å². The first-order valence-electron chi connectivity index (χ1n) is 8.69. The molecular formula is C21H21FN2O2S. The SMILES string of the molecule is O=S(=O)(Cc1ccc(F)cc1)N(CCc1ccccc1)Cc1ccccn1. The number of sulfonamides is 1. The lowest BCUT2D eigenvalue weighted by Gasteiger charge is -2.22. The van der Waals surface area contributed by atoms with Crippen LogP contribution in [0.25, 0.3) is 0 Å². The lowest BCUT2D eigenvalue weighted by Crippen LogP contribution is -2.33. The molecule has 0 aliphatic carbocycles. The minimum absolute atomic E-state index is 0.172. The Morgan fingerprint density at radius 2 is 1.56 bits per heavy atom. The molecule has 3 aromatic rings. The largest absolute Gasteiger partial charge is 0.260 e. The zero-order valence-electron chi connectivity index (χ0n) is 14.8. The van der Waals surface area contributed by atoms with Gasteiger partial charge in [0.1, 0.15) is 5.82 Å². The molecule has 1 aromatic heterocycles. The highest BCUT2D eigenvalue weighted by molar-refractivity contribution is 7.88. The minimum atomic E-state index is -3.59. The van der Waals surface area contributed by atoms with E-state index in [2.05, 4.69) is 4.98 Å². The smallest absolute Gasteiger partial charge is 0.218 e. The van der Waals surface area contributed by atoms with E-state index in [4.69, 9.17) is 0 Å². The molecule has 27 heavy (non-hydrogen) atoms. The summed E-state index contributed by atoms with van der Waals surface area (Å²) in [7, 11) is -3.59. The Balaban J connectivity index is 1.79. The van der Waals surface area contributed by atoms with E-state index in [1.807, 2.05) is 42.5 Å². The molecule has 0 radical (unpaired) electrons. The molecule has 0 fully saturated rings. The van der Waals surface area contributed by atoms with Gasteiger partial charge in [0, 0.05) is 12.7 Å². The van der Waals surface area contributed by atoms with Crippen LogP contribution in [-0.4, -0.2) is 24.3 Å². The van der Waals surface area contributed by atoms with Gasteiger partial charge in [-0.3, -0.25) is 4.98 Å². The fourth-order valence-electron chi connectivity index (χ4n) is 2.77. The van der Waals surface area contributed by atoms with Gasteiger partial charge in [-0.05, 0) is 41.8 Å². The first kappa shape index (κ1) is 19.2. The Morgan fingerprint density at radius 3 is 2.22 bits per heavy atom. The third-order valence-corrected chi connectivity index (χ3v) is 6.01. The van der Waals surface area contributed by atoms with E-state index in [9.17, 15) is 12.8 Å². The van der Waals surface area contributed by atoms with Crippen molar-refractivity contribution in [3.8, 4) is 0 Å². The summed E-state index contributed by atoms with van der Waals surface area (Å²) in [5.74, 6) is -0.555. The lowest BCUT2D eigenvalue weighted by atomic mass is 10.1. The maximum absolute atomic E-state index is 13.1. The van der Waals surface area contributed by atoms with E-state index in [1.165, 1.54) is 28.6 Å². The second-order valence-electron chi connectivity index (χ2n) is 6.27. The number of benzene rings is 2. The summed E-state index contributed by atoms with van der Waals surface area (Å²) in [5.41, 5.74) is 2.32. The van der Waals surface area contributed by atoms with E-state index < -0.39 is 10.0 Å². The van der Waals surface area contributed by atoms with Gasteiger partial charge >= 0.3 is 0 Å². The number of aromatic nitrogens is 1. The Morgan fingerprint density at radius 1 is 0.852 bits per heavy atom. The van der Waals surface area contributed by atoms with Gasteiger partial charge in [-0.15, -0.1) is 0 Å². The molecule has 0 N–H and O–H groups in total. The molecule has 3 rings (SSSR count). The summed E-state index contributed by atoms with van der Waals surface area (Å²) in [4.78, 5) is 4.25. The molecule has 0 saturated carbocycles. The third kappa shape index (κ3) is 5.70. The zero-order chi connectivity index (χ0) is 19.1. The van der Waals surface area contributed by atoms with Crippen molar-refractivity contribution in [2.75, 3.05) is 6.54 Å². The number of rotatable bonds is 8. The molecule has 0 aliphatic heterocycles. The number of hydrogen-bond donors (Lipinski definition) is 0. The van der Waals surface area contributed by atoms with Crippen molar-refractivity contribution in [1.82, 2.24) is 9.29 Å². The predicted octanol–water partition coefficient (Wildman–Crippen LogP) is 3.80. The molecule has 0 bridgehead atoms. The van der Waals surface area contributed by atoms with Crippen LogP contribution in [-0.2, 0) is 28.7 Å². The molecule has 6 heteroatoms. The predicted molar refractivity (Wildman–Crippen MR) is 104 cm³/mol. The molecule has 4 nitrogen and oxygen atoms in total. The van der Waals surface area contributed by atoms with Crippen molar-refractivity contribution in [2.45, 2.75) is 18.7 Å². The highest BCUT2D eigenvalue weighted by Crippen LogP contribution is 2.16. The van der Waals surface area contributed by atoms with Crippen LogP contribution in [0.4, 0.5) is 4.39 Å². The van der Waals surface area contributed by atoms with E-state index in [0.717, 1.165) is 5.56 Å². The first-order valence-corrected chi connectivity index (χ1v) is 10.3. The summed E-state index contributed by atoms with van der Waals surface area (Å²) in [5, 5.41) is 0. The Bertz CT molecular complexity index is 946. The Kier molecular flexibility index (Phi) is 6.32. The molecule has 0 atom stereocenters. The zero-order valence-corrected chi connectivity index (χ0v) is 15.6. The van der Waals surface area contributed by atoms with Gasteiger partial charge in [0.05, 0.1) is 18.0 Å². The second-order valence-corrected chi connectivity index (χ2v) is 8.24. The minimum Gasteiger partial charge on any atom is -0.260 e. The summed E-state index contributed by atoms with van der Waals surface area (Å²) in [6.45, 7) is 0.557. The van der Waals surface area contributed by atoms with Crippen molar-refractivity contribution >= 4 is 10.0 Å². The average molecular weight is 384 g/mol. The van der Waals surface area contributed by atoms with Crippen LogP contribution in [0, 0.1) is 5.82 Å². The molecule has 0 saturated heterocycles. The third-order valence-electron chi connectivity index (χ3n) is 4.21. The lowest BCUT2D eigenvalue weighted by molar-refractivity contribution is 0.404. The maximum atomic E-state index is 13.1. The quantitative estimate of drug-likeness (QED) is 0.594. The molecule has 0 spiro atoms. The fraction of sp³-hybridized carbons (Fsp3) is 0.190. The molecule has 0 unspecified atom stereocenters. The highest BCUT2D eigenvalue weighted by Gasteiger charge is 2.23. The summed E-state index contributed by atoms with van der Waals surface area (Å²) in [6.07, 6.45) is 2.26. The van der Waals surface area contributed by atoms with Crippen molar-refractivity contribution in [2.24, 2.45) is 0 Å². The maximum Gasteiger partial charge on any atom is 0.218 e. The van der Waals surface area contributed by atoms with Crippen molar-refractivity contribution in [3.05, 3.63) is 102 Å². The van der Waals surface area contributed by atoms with Crippen LogP contribution in [0.2, 0.25) is 0 Å². The Labute approximate surface area is 159 Å². The van der Waals surface area contributed by atoms with Gasteiger partial charge in [0.15, 0.2) is 0 Å². The van der Waals surface area contributed by atoms with E-state index in [1.54, 1.807) is 12.3 Å². The molecule has 140 valence electrons. The van der Waals surface area contributed by atoms with Gasteiger partial charge < -0.3 is 0 Å². The molecule has 0 amide bonds. The fourth-order valence-corrected chi connectivity index (χ4v) is 4.26. The number of nitrogens with zero attached hydrogens (tertiary/aromatic N) is 2. The molecular weight excluding hydrogens is 363 g/mol. The topological polar surface area (TPSA) is 50.3 Å². The van der Waals surface area contributed by atoms with Crippen molar-refractivity contribution < 1.29 is 12.8 Å². The van der Waals surface area contributed by atoms with Gasteiger partial charge in [-0.1, -0.05) is 48.5 Å². The monoisotopic (exact) mass is 384 g/mol. The van der Waals surface area contributed by atoms with Crippen LogP contribution in [0.5, 0.6) is 0 Å². The van der Waals surface area contributed by atoms with Crippen LogP contribution in [0.3, 0.4) is 0 Å². The van der Waals surface area contributed by atoms with Crippen LogP contribution >= 0.6 is 0 Å². The van der Waals surface area contributed by atoms with Gasteiger partial charge in [-0.25, -0.2) is 12.8 Å². The van der Waals surface area contributed by atoms with Crippen molar-refractivity contribution in [3.63, 3.8) is 0 Å². The number of pyridine rings is 1. The molecule has 1 heterocycles. The summed E-state index contributed by atoms with van der Waals surface area (Å²) < 4.78 is 40.6. The number of halogens is 1. The van der Waals surface area contributed by atoms with E-state index >= 15 is 0 Å². The Hall–Kier alpha value is -2.57. The standard InChI is InChI=1S/C21H21FN2O2S/c22-20-11-9-19(10-12-20)17-27(25,26)24(16-21-8-4-5-14-23-21)15-13-18-6-2-1-3-7-18/h1-12,14H,13,15-17H2. The van der Waals surface area contributed by atoms with Gasteiger partial charge in [-0.2, -0.15) is 4.31 Å².